The van der Waals surface area contributed by atoms with Crippen LogP contribution in [0.4, 0.5) is 0 Å². The number of hydrogen-bond acceptors (Lipinski definition) is 2. The van der Waals surface area contributed by atoms with Gasteiger partial charge in [-0.2, -0.15) is 0 Å². The highest BCUT2D eigenvalue weighted by atomic mass is 16.3. The van der Waals surface area contributed by atoms with Gasteiger partial charge in [-0.25, -0.2) is 0 Å². The second kappa shape index (κ2) is 5.61. The fourth-order valence-electron chi connectivity index (χ4n) is 3.51. The highest BCUT2D eigenvalue weighted by molar-refractivity contribution is 5.82. The molecule has 3 atom stereocenters. The zero-order valence-corrected chi connectivity index (χ0v) is 12.8. The van der Waals surface area contributed by atoms with E-state index in [-0.39, 0.29) is 0 Å². The largest absolute Gasteiger partial charge is 0.461 e. The van der Waals surface area contributed by atoms with Gasteiger partial charge in [0.05, 0.1) is 0 Å². The molecule has 3 unspecified atom stereocenters. The second-order valence-corrected chi connectivity index (χ2v) is 6.25. The molecule has 1 aliphatic carbocycles. The van der Waals surface area contributed by atoms with E-state index in [9.17, 15) is 0 Å². The van der Waals surface area contributed by atoms with Crippen LogP contribution in [0.2, 0.25) is 0 Å². The number of rotatable bonds is 4. The maximum atomic E-state index is 5.97. The fourth-order valence-corrected chi connectivity index (χ4v) is 3.51. The molecule has 0 spiro atoms. The van der Waals surface area contributed by atoms with Crippen molar-refractivity contribution in [1.82, 2.24) is 5.32 Å². The van der Waals surface area contributed by atoms with Crippen LogP contribution < -0.4 is 5.32 Å². The highest BCUT2D eigenvalue weighted by Gasteiger charge is 2.29. The normalized spacial score (nSPS) is 26.4. The van der Waals surface area contributed by atoms with Crippen molar-refractivity contribution in [2.24, 2.45) is 11.8 Å². The van der Waals surface area contributed by atoms with Crippen LogP contribution in [0.25, 0.3) is 11.0 Å². The third-order valence-corrected chi connectivity index (χ3v) is 5.11. The zero-order valence-electron chi connectivity index (χ0n) is 12.8. The summed E-state index contributed by atoms with van der Waals surface area (Å²) in [4.78, 5) is 0. The molecule has 0 saturated heterocycles. The molecule has 20 heavy (non-hydrogen) atoms. The monoisotopic (exact) mass is 271 g/mol. The number of para-hydroxylation sites is 1. The van der Waals surface area contributed by atoms with E-state index in [1.165, 1.54) is 23.8 Å². The fraction of sp³-hybridized carbons (Fsp3) is 0.556. The maximum Gasteiger partial charge on any atom is 0.134 e. The Morgan fingerprint density at radius 3 is 2.70 bits per heavy atom. The van der Waals surface area contributed by atoms with E-state index in [4.69, 9.17) is 4.42 Å². The summed E-state index contributed by atoms with van der Waals surface area (Å²) in [5.74, 6) is 2.76. The summed E-state index contributed by atoms with van der Waals surface area (Å²) in [6.45, 7) is 7.85. The Balaban J connectivity index is 1.80. The lowest BCUT2D eigenvalue weighted by molar-refractivity contribution is 0.369. The first kappa shape index (κ1) is 13.7. The summed E-state index contributed by atoms with van der Waals surface area (Å²) in [7, 11) is 0. The molecule has 0 bridgehead atoms. The second-order valence-electron chi connectivity index (χ2n) is 6.25. The number of furan rings is 1. The summed E-state index contributed by atoms with van der Waals surface area (Å²) in [6, 6.07) is 9.04. The Hall–Kier alpha value is -1.28. The lowest BCUT2D eigenvalue weighted by Crippen LogP contribution is -2.32. The van der Waals surface area contributed by atoms with Crippen molar-refractivity contribution in [1.29, 1.82) is 0 Å². The number of benzene rings is 1. The Morgan fingerprint density at radius 2 is 2.00 bits per heavy atom. The van der Waals surface area contributed by atoms with E-state index >= 15 is 0 Å². The van der Waals surface area contributed by atoms with E-state index in [1.807, 2.05) is 6.07 Å². The molecule has 2 nitrogen and oxygen atoms in total. The first-order valence-corrected chi connectivity index (χ1v) is 7.93. The van der Waals surface area contributed by atoms with Gasteiger partial charge in [-0.1, -0.05) is 39.0 Å². The molecule has 1 N–H and O–H groups in total. The van der Waals surface area contributed by atoms with E-state index in [1.54, 1.807) is 0 Å². The minimum Gasteiger partial charge on any atom is -0.461 e. The molecule has 1 heterocycles. The van der Waals surface area contributed by atoms with Gasteiger partial charge in [0, 0.05) is 30.0 Å². The Bertz CT molecular complexity index is 586. The van der Waals surface area contributed by atoms with Gasteiger partial charge in [0.15, 0.2) is 0 Å². The third-order valence-electron chi connectivity index (χ3n) is 5.11. The minimum atomic E-state index is 0.656. The molecule has 1 fully saturated rings. The quantitative estimate of drug-likeness (QED) is 0.884. The maximum absolute atomic E-state index is 5.97. The topological polar surface area (TPSA) is 25.2 Å². The standard InChI is InChI=1S/C18H25NO/c1-4-17-15(14-7-5-6-8-18(14)20-17)11-19-16-10-9-12(2)13(16)3/h5-8,12-13,16,19H,4,9-11H2,1-3H3. The molecular formula is C18H25NO. The third kappa shape index (κ3) is 2.37. The van der Waals surface area contributed by atoms with E-state index in [0.717, 1.165) is 36.1 Å². The van der Waals surface area contributed by atoms with Gasteiger partial charge in [-0.15, -0.1) is 0 Å². The zero-order chi connectivity index (χ0) is 14.1. The van der Waals surface area contributed by atoms with Gasteiger partial charge in [-0.05, 0) is 30.7 Å². The molecule has 3 rings (SSSR count). The van der Waals surface area contributed by atoms with Crippen LogP contribution in [0.3, 0.4) is 0 Å². The molecule has 1 aromatic carbocycles. The number of fused-ring (bicyclic) bond motifs is 1. The molecule has 0 radical (unpaired) electrons. The number of hydrogen-bond donors (Lipinski definition) is 1. The Morgan fingerprint density at radius 1 is 1.20 bits per heavy atom. The smallest absolute Gasteiger partial charge is 0.134 e. The molecule has 1 aromatic heterocycles. The van der Waals surface area contributed by atoms with Gasteiger partial charge in [-0.3, -0.25) is 0 Å². The van der Waals surface area contributed by atoms with Gasteiger partial charge in [0.2, 0.25) is 0 Å². The van der Waals surface area contributed by atoms with Crippen molar-refractivity contribution < 1.29 is 4.42 Å². The Labute approximate surface area is 121 Å². The van der Waals surface area contributed by atoms with Gasteiger partial charge < -0.3 is 9.73 Å². The Kier molecular flexibility index (Phi) is 3.84. The predicted molar refractivity (Wildman–Crippen MR) is 83.8 cm³/mol. The molecule has 0 aliphatic heterocycles. The summed E-state index contributed by atoms with van der Waals surface area (Å²) in [5, 5.41) is 5.04. The van der Waals surface area contributed by atoms with Crippen molar-refractivity contribution in [2.75, 3.05) is 0 Å². The molecule has 0 amide bonds. The molecule has 1 aliphatic rings. The summed E-state index contributed by atoms with van der Waals surface area (Å²) >= 11 is 0. The van der Waals surface area contributed by atoms with Crippen LogP contribution in [-0.4, -0.2) is 6.04 Å². The van der Waals surface area contributed by atoms with Crippen LogP contribution in [0.15, 0.2) is 28.7 Å². The lowest BCUT2D eigenvalue weighted by Gasteiger charge is -2.19. The summed E-state index contributed by atoms with van der Waals surface area (Å²) in [5.41, 5.74) is 2.38. The summed E-state index contributed by atoms with van der Waals surface area (Å²) in [6.07, 6.45) is 3.62. The van der Waals surface area contributed by atoms with Gasteiger partial charge >= 0.3 is 0 Å². The van der Waals surface area contributed by atoms with Crippen LogP contribution in [-0.2, 0) is 13.0 Å². The first-order chi connectivity index (χ1) is 9.70. The van der Waals surface area contributed by atoms with E-state index in [0.29, 0.717) is 6.04 Å². The van der Waals surface area contributed by atoms with Crippen LogP contribution in [0.1, 0.15) is 44.9 Å². The molecule has 2 heteroatoms. The average molecular weight is 271 g/mol. The highest BCUT2D eigenvalue weighted by Crippen LogP contribution is 2.32. The predicted octanol–water partition coefficient (Wildman–Crippen LogP) is 4.52. The SMILES string of the molecule is CCc1oc2ccccc2c1CNC1CCC(C)C1C. The molecule has 108 valence electrons. The van der Waals surface area contributed by atoms with Crippen molar-refractivity contribution in [3.63, 3.8) is 0 Å². The number of aryl methyl sites for hydroxylation is 1. The van der Waals surface area contributed by atoms with Crippen molar-refractivity contribution in [3.8, 4) is 0 Å². The first-order valence-electron chi connectivity index (χ1n) is 7.93. The van der Waals surface area contributed by atoms with Crippen LogP contribution in [0.5, 0.6) is 0 Å². The van der Waals surface area contributed by atoms with Crippen LogP contribution in [0, 0.1) is 11.8 Å². The van der Waals surface area contributed by atoms with Crippen LogP contribution >= 0.6 is 0 Å². The van der Waals surface area contributed by atoms with Gasteiger partial charge in [0.1, 0.15) is 11.3 Å². The van der Waals surface area contributed by atoms with Crippen molar-refractivity contribution in [3.05, 3.63) is 35.6 Å². The van der Waals surface area contributed by atoms with E-state index in [2.05, 4.69) is 44.3 Å². The minimum absolute atomic E-state index is 0.656. The molecule has 1 saturated carbocycles. The summed E-state index contributed by atoms with van der Waals surface area (Å²) < 4.78 is 5.97. The van der Waals surface area contributed by atoms with Crippen molar-refractivity contribution >= 4 is 11.0 Å². The molecule has 2 aromatic rings. The molecular weight excluding hydrogens is 246 g/mol. The lowest BCUT2D eigenvalue weighted by atomic mass is 9.97. The van der Waals surface area contributed by atoms with Crippen molar-refractivity contribution in [2.45, 2.75) is 52.6 Å². The number of nitrogens with one attached hydrogen (secondary N) is 1. The average Bonchev–Trinajstić information content (AvgIpc) is 2.98. The van der Waals surface area contributed by atoms with Gasteiger partial charge in [0.25, 0.3) is 0 Å². The van der Waals surface area contributed by atoms with E-state index < -0.39 is 0 Å².